The number of pyridine rings is 1. The minimum Gasteiger partial charge on any atom is -0.392 e. The molecule has 3 heterocycles. The van der Waals surface area contributed by atoms with Gasteiger partial charge >= 0.3 is 0 Å². The highest BCUT2D eigenvalue weighted by atomic mass is 16.3. The second-order valence-electron chi connectivity index (χ2n) is 4.56. The minimum atomic E-state index is -0.0342. The van der Waals surface area contributed by atoms with Crippen LogP contribution in [0.2, 0.25) is 0 Å². The molecule has 0 aromatic carbocycles. The number of hydrogen-bond acceptors (Lipinski definition) is 3. The topological polar surface area (TPSA) is 58.3 Å². The Bertz CT molecular complexity index is 561. The first kappa shape index (κ1) is 11.4. The molecule has 3 rings (SSSR count). The van der Waals surface area contributed by atoms with E-state index >= 15 is 0 Å². The number of aliphatic hydroxyl groups excluding tert-OH is 2. The van der Waals surface area contributed by atoms with Gasteiger partial charge in [0.15, 0.2) is 0 Å². The highest BCUT2D eigenvalue weighted by Crippen LogP contribution is 2.35. The maximum Gasteiger partial charge on any atom is 0.0706 e. The molecular formula is C14H16N2O2. The summed E-state index contributed by atoms with van der Waals surface area (Å²) < 4.78 is 2.23. The fourth-order valence-electron chi connectivity index (χ4n) is 2.91. The van der Waals surface area contributed by atoms with Crippen LogP contribution in [0.15, 0.2) is 24.5 Å². The van der Waals surface area contributed by atoms with Gasteiger partial charge in [-0.1, -0.05) is 0 Å². The van der Waals surface area contributed by atoms with Crippen LogP contribution in [0.4, 0.5) is 0 Å². The zero-order valence-corrected chi connectivity index (χ0v) is 10.1. The summed E-state index contributed by atoms with van der Waals surface area (Å²) in [5.41, 5.74) is 5.03. The van der Waals surface area contributed by atoms with Gasteiger partial charge in [-0.15, -0.1) is 0 Å². The molecule has 0 amide bonds. The SMILES string of the molecule is OCc1c(CO)c(-c2ccncc2)n2c1CCC2. The monoisotopic (exact) mass is 244 g/mol. The minimum absolute atomic E-state index is 0.00366. The zero-order valence-electron chi connectivity index (χ0n) is 10.1. The fourth-order valence-corrected chi connectivity index (χ4v) is 2.91. The van der Waals surface area contributed by atoms with Crippen molar-refractivity contribution >= 4 is 0 Å². The molecule has 0 saturated heterocycles. The first-order valence-corrected chi connectivity index (χ1v) is 6.22. The summed E-state index contributed by atoms with van der Waals surface area (Å²) in [7, 11) is 0. The summed E-state index contributed by atoms with van der Waals surface area (Å²) in [4.78, 5) is 4.03. The lowest BCUT2D eigenvalue weighted by atomic mass is 10.0. The summed E-state index contributed by atoms with van der Waals surface area (Å²) in [5.74, 6) is 0. The van der Waals surface area contributed by atoms with Crippen molar-refractivity contribution in [2.45, 2.75) is 32.6 Å². The molecule has 0 radical (unpaired) electrons. The van der Waals surface area contributed by atoms with Crippen molar-refractivity contribution in [2.75, 3.05) is 0 Å². The van der Waals surface area contributed by atoms with Crippen LogP contribution >= 0.6 is 0 Å². The van der Waals surface area contributed by atoms with E-state index in [-0.39, 0.29) is 13.2 Å². The van der Waals surface area contributed by atoms with Gasteiger partial charge in [0.05, 0.1) is 18.9 Å². The second-order valence-corrected chi connectivity index (χ2v) is 4.56. The lowest BCUT2D eigenvalue weighted by Crippen LogP contribution is -1.97. The molecule has 2 aromatic rings. The summed E-state index contributed by atoms with van der Waals surface area (Å²) in [5, 5.41) is 19.1. The quantitative estimate of drug-likeness (QED) is 0.859. The second kappa shape index (κ2) is 4.55. The lowest BCUT2D eigenvalue weighted by molar-refractivity contribution is 0.260. The third-order valence-corrected chi connectivity index (χ3v) is 3.66. The molecule has 94 valence electrons. The Morgan fingerprint density at radius 2 is 1.83 bits per heavy atom. The van der Waals surface area contributed by atoms with Crippen molar-refractivity contribution in [3.8, 4) is 11.3 Å². The zero-order chi connectivity index (χ0) is 12.5. The van der Waals surface area contributed by atoms with Gasteiger partial charge in [0.2, 0.25) is 0 Å². The maximum absolute atomic E-state index is 9.61. The fraction of sp³-hybridized carbons (Fsp3) is 0.357. The average Bonchev–Trinajstić information content (AvgIpc) is 2.98. The van der Waals surface area contributed by atoms with Gasteiger partial charge in [-0.3, -0.25) is 4.98 Å². The normalized spacial score (nSPS) is 13.9. The van der Waals surface area contributed by atoms with E-state index in [0.29, 0.717) is 0 Å². The summed E-state index contributed by atoms with van der Waals surface area (Å²) in [6.45, 7) is 0.920. The number of fused-ring (bicyclic) bond motifs is 1. The molecule has 2 aromatic heterocycles. The first-order chi connectivity index (χ1) is 8.86. The Morgan fingerprint density at radius 1 is 1.11 bits per heavy atom. The Hall–Kier alpha value is -1.65. The van der Waals surface area contributed by atoms with Gasteiger partial charge < -0.3 is 14.8 Å². The third-order valence-electron chi connectivity index (χ3n) is 3.66. The van der Waals surface area contributed by atoms with Gasteiger partial charge in [0.1, 0.15) is 0 Å². The molecule has 0 spiro atoms. The molecule has 1 aliphatic heterocycles. The Labute approximate surface area is 106 Å². The Balaban J connectivity index is 2.25. The van der Waals surface area contributed by atoms with E-state index in [1.165, 1.54) is 5.69 Å². The number of nitrogens with zero attached hydrogens (tertiary/aromatic N) is 2. The predicted octanol–water partition coefficient (Wildman–Crippen LogP) is 1.48. The van der Waals surface area contributed by atoms with Crippen molar-refractivity contribution in [1.82, 2.24) is 9.55 Å². The first-order valence-electron chi connectivity index (χ1n) is 6.22. The van der Waals surface area contributed by atoms with E-state index in [1.807, 2.05) is 12.1 Å². The molecule has 1 aliphatic rings. The van der Waals surface area contributed by atoms with Gasteiger partial charge in [-0.25, -0.2) is 0 Å². The van der Waals surface area contributed by atoms with E-state index in [1.54, 1.807) is 12.4 Å². The van der Waals surface area contributed by atoms with E-state index in [0.717, 1.165) is 41.8 Å². The van der Waals surface area contributed by atoms with Crippen LogP contribution in [0, 0.1) is 0 Å². The van der Waals surface area contributed by atoms with Gasteiger partial charge in [0, 0.05) is 41.3 Å². The van der Waals surface area contributed by atoms with Crippen molar-refractivity contribution in [3.05, 3.63) is 41.3 Å². The van der Waals surface area contributed by atoms with Crippen LogP contribution in [0.25, 0.3) is 11.3 Å². The largest absolute Gasteiger partial charge is 0.392 e. The van der Waals surface area contributed by atoms with E-state index in [2.05, 4.69) is 9.55 Å². The average molecular weight is 244 g/mol. The van der Waals surface area contributed by atoms with E-state index in [4.69, 9.17) is 0 Å². The molecule has 0 aliphatic carbocycles. The molecule has 0 bridgehead atoms. The predicted molar refractivity (Wildman–Crippen MR) is 67.8 cm³/mol. The van der Waals surface area contributed by atoms with Crippen LogP contribution in [0.3, 0.4) is 0 Å². The van der Waals surface area contributed by atoms with Crippen molar-refractivity contribution in [3.63, 3.8) is 0 Å². The Kier molecular flexibility index (Phi) is 2.89. The van der Waals surface area contributed by atoms with Gasteiger partial charge in [0.25, 0.3) is 0 Å². The van der Waals surface area contributed by atoms with E-state index < -0.39 is 0 Å². The van der Waals surface area contributed by atoms with Gasteiger partial charge in [-0.05, 0) is 25.0 Å². The van der Waals surface area contributed by atoms with Crippen LogP contribution < -0.4 is 0 Å². The standard InChI is InChI=1S/C14H16N2O2/c17-8-11-12(9-18)14(10-3-5-15-6-4-10)16-7-1-2-13(11)16/h3-6,17-18H,1-2,7-9H2. The number of aromatic nitrogens is 2. The molecule has 4 heteroatoms. The van der Waals surface area contributed by atoms with Crippen molar-refractivity contribution in [1.29, 1.82) is 0 Å². The van der Waals surface area contributed by atoms with Crippen molar-refractivity contribution < 1.29 is 10.2 Å². The molecule has 2 N–H and O–H groups in total. The number of aliphatic hydroxyl groups is 2. The third kappa shape index (κ3) is 1.57. The Morgan fingerprint density at radius 3 is 2.50 bits per heavy atom. The summed E-state index contributed by atoms with van der Waals surface area (Å²) in [6, 6.07) is 3.89. The molecule has 4 nitrogen and oxygen atoms in total. The summed E-state index contributed by atoms with van der Waals surface area (Å²) in [6.07, 6.45) is 5.59. The maximum atomic E-state index is 9.61. The van der Waals surface area contributed by atoms with Crippen LogP contribution in [0.5, 0.6) is 0 Å². The van der Waals surface area contributed by atoms with Crippen molar-refractivity contribution in [2.24, 2.45) is 0 Å². The highest BCUT2D eigenvalue weighted by Gasteiger charge is 2.25. The van der Waals surface area contributed by atoms with Crippen LogP contribution in [-0.4, -0.2) is 19.8 Å². The lowest BCUT2D eigenvalue weighted by Gasteiger charge is -2.08. The van der Waals surface area contributed by atoms with Crippen LogP contribution in [-0.2, 0) is 26.2 Å². The number of hydrogen-bond donors (Lipinski definition) is 2. The molecule has 0 saturated carbocycles. The molecule has 0 atom stereocenters. The highest BCUT2D eigenvalue weighted by molar-refractivity contribution is 5.67. The van der Waals surface area contributed by atoms with Crippen LogP contribution in [0.1, 0.15) is 23.2 Å². The molecule has 0 fully saturated rings. The number of rotatable bonds is 3. The summed E-state index contributed by atoms with van der Waals surface area (Å²) >= 11 is 0. The van der Waals surface area contributed by atoms with E-state index in [9.17, 15) is 10.2 Å². The van der Waals surface area contributed by atoms with Gasteiger partial charge in [-0.2, -0.15) is 0 Å². The molecule has 18 heavy (non-hydrogen) atoms. The molecular weight excluding hydrogens is 228 g/mol. The molecule has 0 unspecified atom stereocenters. The smallest absolute Gasteiger partial charge is 0.0706 e.